The maximum Gasteiger partial charge on any atom is 0.241 e. The first kappa shape index (κ1) is 8.73. The van der Waals surface area contributed by atoms with E-state index in [2.05, 4.69) is 0 Å². The van der Waals surface area contributed by atoms with Crippen molar-refractivity contribution in [2.45, 2.75) is 9.96 Å². The van der Waals surface area contributed by atoms with Gasteiger partial charge >= 0.3 is 0 Å². The van der Waals surface area contributed by atoms with Crippen LogP contribution < -0.4 is 0 Å². The van der Waals surface area contributed by atoms with Crippen molar-refractivity contribution in [3.05, 3.63) is 0 Å². The Bertz CT molecular complexity index is 72.9. The van der Waals surface area contributed by atoms with Crippen molar-refractivity contribution in [2.75, 3.05) is 6.67 Å². The molecule has 0 aromatic carbocycles. The zero-order valence-electron chi connectivity index (χ0n) is 3.67. The van der Waals surface area contributed by atoms with Crippen LogP contribution in [0, 0.1) is 0 Å². The van der Waals surface area contributed by atoms with E-state index < -0.39 is 16.6 Å². The van der Waals surface area contributed by atoms with E-state index in [0.29, 0.717) is 0 Å². The van der Waals surface area contributed by atoms with Gasteiger partial charge in [0.25, 0.3) is 0 Å². The van der Waals surface area contributed by atoms with Crippen molar-refractivity contribution >= 4 is 34.8 Å². The van der Waals surface area contributed by atoms with E-state index in [1.54, 1.807) is 0 Å². The van der Waals surface area contributed by atoms with Crippen molar-refractivity contribution in [2.24, 2.45) is 0 Å². The maximum absolute atomic E-state index is 12.1. The van der Waals surface area contributed by atoms with Crippen LogP contribution in [0.25, 0.3) is 0 Å². The largest absolute Gasteiger partial charge is 0.246 e. The summed E-state index contributed by atoms with van der Waals surface area (Å²) in [4.78, 5) is -1.52. The lowest BCUT2D eigenvalue weighted by molar-refractivity contribution is 0.230. The summed E-state index contributed by atoms with van der Waals surface area (Å²) in [6.45, 7) is -1.38. The van der Waals surface area contributed by atoms with Gasteiger partial charge in [-0.1, -0.05) is 11.6 Å². The third-order valence-electron chi connectivity index (χ3n) is 0.497. The van der Waals surface area contributed by atoms with Crippen molar-refractivity contribution in [3.8, 4) is 0 Å². The van der Waals surface area contributed by atoms with E-state index in [1.165, 1.54) is 0 Å². The van der Waals surface area contributed by atoms with Gasteiger partial charge in [-0.2, -0.15) is 0 Å². The molecule has 50 valence electrons. The number of hydrogen-bond donors (Lipinski definition) is 0. The minimum Gasteiger partial charge on any atom is -0.246 e. The van der Waals surface area contributed by atoms with Crippen LogP contribution in [0.1, 0.15) is 0 Å². The highest BCUT2D eigenvalue weighted by molar-refractivity contribution is 6.49. The minimum absolute atomic E-state index is 1.38. The van der Waals surface area contributed by atoms with Crippen LogP contribution in [0.15, 0.2) is 0 Å². The van der Waals surface area contributed by atoms with Crippen molar-refractivity contribution in [1.82, 2.24) is 0 Å². The molecule has 0 bridgehead atoms. The molecule has 0 saturated heterocycles. The molecule has 0 spiro atoms. The predicted octanol–water partition coefficient (Wildman–Crippen LogP) is 2.66. The van der Waals surface area contributed by atoms with E-state index in [-0.39, 0.29) is 0 Å². The van der Waals surface area contributed by atoms with Gasteiger partial charge in [0, 0.05) is 0 Å². The molecule has 0 radical (unpaired) electrons. The molecular formula is C3H3Cl3F2. The Morgan fingerprint density at radius 3 is 1.88 bits per heavy atom. The zero-order valence-corrected chi connectivity index (χ0v) is 5.94. The average Bonchev–Trinajstić information content (AvgIpc) is 1.67. The predicted molar refractivity (Wildman–Crippen MR) is 31.2 cm³/mol. The number of rotatable bonds is 2. The van der Waals surface area contributed by atoms with Gasteiger partial charge in [-0.15, -0.1) is 23.2 Å². The van der Waals surface area contributed by atoms with Crippen LogP contribution in [0.5, 0.6) is 0 Å². The van der Waals surface area contributed by atoms with E-state index >= 15 is 0 Å². The van der Waals surface area contributed by atoms with Gasteiger partial charge in [-0.3, -0.25) is 0 Å². The summed E-state index contributed by atoms with van der Waals surface area (Å²) in [5.41, 5.74) is 0. The molecular weight excluding hydrogens is 180 g/mol. The number of alkyl halides is 5. The third kappa shape index (κ3) is 2.33. The molecule has 0 rings (SSSR count). The van der Waals surface area contributed by atoms with Crippen LogP contribution in [-0.2, 0) is 0 Å². The molecule has 0 aromatic heterocycles. The van der Waals surface area contributed by atoms with Gasteiger partial charge in [-0.25, -0.2) is 8.78 Å². The van der Waals surface area contributed by atoms with Crippen molar-refractivity contribution < 1.29 is 8.78 Å². The second-order valence-corrected chi connectivity index (χ2v) is 2.92. The van der Waals surface area contributed by atoms with Gasteiger partial charge in [0.1, 0.15) is 6.67 Å². The highest BCUT2D eigenvalue weighted by Crippen LogP contribution is 2.29. The molecule has 5 heteroatoms. The molecule has 0 fully saturated rings. The first-order valence-electron chi connectivity index (χ1n) is 1.72. The summed E-state index contributed by atoms with van der Waals surface area (Å²) < 4.78 is 23.4. The van der Waals surface area contributed by atoms with E-state index in [1.807, 2.05) is 0 Å². The number of hydrogen-bond acceptors (Lipinski definition) is 0. The van der Waals surface area contributed by atoms with Crippen LogP contribution in [-0.4, -0.2) is 16.6 Å². The highest BCUT2D eigenvalue weighted by Gasteiger charge is 2.34. The fourth-order valence-corrected chi connectivity index (χ4v) is 0.175. The summed E-state index contributed by atoms with van der Waals surface area (Å²) in [6.07, 6.45) is 0. The summed E-state index contributed by atoms with van der Waals surface area (Å²) in [5.74, 6) is 0. The monoisotopic (exact) mass is 182 g/mol. The van der Waals surface area contributed by atoms with Crippen molar-refractivity contribution in [1.29, 1.82) is 0 Å². The molecule has 1 atom stereocenters. The van der Waals surface area contributed by atoms with Crippen molar-refractivity contribution in [3.63, 3.8) is 0 Å². The average molecular weight is 183 g/mol. The number of halogens is 5. The second-order valence-electron chi connectivity index (χ2n) is 1.20. The lowest BCUT2D eigenvalue weighted by Crippen LogP contribution is -2.25. The third-order valence-corrected chi connectivity index (χ3v) is 1.73. The molecule has 0 aliphatic carbocycles. The molecule has 0 aliphatic rings. The summed E-state index contributed by atoms with van der Waals surface area (Å²) in [6, 6.07) is 0. The Hall–Kier alpha value is 0.730. The quantitative estimate of drug-likeness (QED) is 0.578. The standard InChI is InChI=1S/C3H3Cl3F2/c4-2(5)3(6,8)1-7/h2H,1H2. The van der Waals surface area contributed by atoms with Gasteiger partial charge < -0.3 is 0 Å². The molecule has 0 heterocycles. The molecule has 0 N–H and O–H groups in total. The molecule has 1 unspecified atom stereocenters. The second kappa shape index (κ2) is 3.04. The summed E-state index contributed by atoms with van der Waals surface area (Å²) >= 11 is 14.5. The zero-order chi connectivity index (χ0) is 6.78. The lowest BCUT2D eigenvalue weighted by atomic mass is 10.5. The Morgan fingerprint density at radius 2 is 1.88 bits per heavy atom. The molecule has 0 saturated carbocycles. The molecule has 0 nitrogen and oxygen atoms in total. The first-order valence-corrected chi connectivity index (χ1v) is 2.97. The lowest BCUT2D eigenvalue weighted by Gasteiger charge is -2.12. The van der Waals surface area contributed by atoms with E-state index in [4.69, 9.17) is 34.8 Å². The van der Waals surface area contributed by atoms with Crippen LogP contribution in [0.4, 0.5) is 8.78 Å². The Labute approximate surface area is 60.7 Å². The first-order chi connectivity index (χ1) is 3.50. The fraction of sp³-hybridized carbons (Fsp3) is 1.00. The van der Waals surface area contributed by atoms with Crippen LogP contribution in [0.3, 0.4) is 0 Å². The maximum atomic E-state index is 12.1. The molecule has 8 heavy (non-hydrogen) atoms. The van der Waals surface area contributed by atoms with E-state index in [0.717, 1.165) is 0 Å². The molecule has 0 aliphatic heterocycles. The summed E-state index contributed by atoms with van der Waals surface area (Å²) in [5, 5.41) is -2.62. The molecule has 0 amide bonds. The van der Waals surface area contributed by atoms with Crippen LogP contribution in [0.2, 0.25) is 0 Å². The SMILES string of the molecule is FCC(F)(Cl)C(Cl)Cl. The smallest absolute Gasteiger partial charge is 0.241 e. The Kier molecular flexibility index (Phi) is 3.32. The minimum atomic E-state index is -2.62. The Balaban J connectivity index is 3.71. The van der Waals surface area contributed by atoms with Gasteiger partial charge in [0.05, 0.1) is 0 Å². The summed E-state index contributed by atoms with van der Waals surface area (Å²) in [7, 11) is 0. The van der Waals surface area contributed by atoms with E-state index in [9.17, 15) is 8.78 Å². The normalized spacial score (nSPS) is 18.8. The Morgan fingerprint density at radius 1 is 1.50 bits per heavy atom. The topological polar surface area (TPSA) is 0 Å². The molecule has 0 aromatic rings. The van der Waals surface area contributed by atoms with Gasteiger partial charge in [0.2, 0.25) is 5.13 Å². The fourth-order valence-electron chi connectivity index (χ4n) is 0.0583. The highest BCUT2D eigenvalue weighted by atomic mass is 35.5. The van der Waals surface area contributed by atoms with Gasteiger partial charge in [0.15, 0.2) is 4.84 Å². The van der Waals surface area contributed by atoms with Gasteiger partial charge in [-0.05, 0) is 0 Å². The van der Waals surface area contributed by atoms with Crippen LogP contribution >= 0.6 is 34.8 Å².